The number of hydrogen-bond donors (Lipinski definition) is 0. The minimum atomic E-state index is 0.905. The highest BCUT2D eigenvalue weighted by Gasteiger charge is 2.01. The molecule has 0 bridgehead atoms. The van der Waals surface area contributed by atoms with Crippen molar-refractivity contribution in [2.45, 2.75) is 91.4 Å². The van der Waals surface area contributed by atoms with Crippen molar-refractivity contribution >= 4 is 0 Å². The van der Waals surface area contributed by atoms with Crippen molar-refractivity contribution in [3.63, 3.8) is 0 Å². The summed E-state index contributed by atoms with van der Waals surface area (Å²) in [5.41, 5.74) is 0. The summed E-state index contributed by atoms with van der Waals surface area (Å²) in [5, 5.41) is 8.84. The molecule has 0 saturated carbocycles. The Bertz CT molecular complexity index is 363. The number of nitrogens with zero attached hydrogens (tertiary/aromatic N) is 3. The first-order valence-corrected chi connectivity index (χ1v) is 8.80. The van der Waals surface area contributed by atoms with E-state index in [4.69, 9.17) is 5.26 Å². The van der Waals surface area contributed by atoms with Gasteiger partial charge in [-0.15, -0.1) is 0 Å². The van der Waals surface area contributed by atoms with Crippen molar-refractivity contribution in [1.29, 1.82) is 5.26 Å². The van der Waals surface area contributed by atoms with Crippen LogP contribution in [0.1, 0.15) is 90.8 Å². The van der Waals surface area contributed by atoms with Crippen LogP contribution in [-0.4, -0.2) is 9.55 Å². The Kier molecular flexibility index (Phi) is 14.2. The van der Waals surface area contributed by atoms with Gasteiger partial charge in [-0.25, -0.2) is 9.55 Å². The number of aromatic nitrogens is 2. The van der Waals surface area contributed by atoms with E-state index in [1.54, 1.807) is 17.0 Å². The molecule has 3 nitrogen and oxygen atoms in total. The maximum Gasteiger partial charge on any atom is 0.189 e. The van der Waals surface area contributed by atoms with Gasteiger partial charge in [-0.3, -0.25) is 0 Å². The third-order valence-corrected chi connectivity index (χ3v) is 3.58. The molecule has 0 radical (unpaired) electrons. The minimum absolute atomic E-state index is 0.905. The average molecular weight is 291 g/mol. The monoisotopic (exact) mass is 291 g/mol. The molecular formula is C18H33N3. The number of unbranched alkanes of at least 4 members (excludes halogenated alkanes) is 9. The summed E-state index contributed by atoms with van der Waals surface area (Å²) >= 11 is 0. The molecule has 0 spiro atoms. The van der Waals surface area contributed by atoms with Crippen LogP contribution in [0.25, 0.3) is 0 Å². The lowest BCUT2D eigenvalue weighted by molar-refractivity contribution is 0.553. The van der Waals surface area contributed by atoms with Crippen molar-refractivity contribution in [3.05, 3.63) is 18.2 Å². The number of imidazole rings is 1. The Morgan fingerprint density at radius 2 is 1.48 bits per heavy atom. The molecule has 0 atom stereocenters. The lowest BCUT2D eigenvalue weighted by Crippen LogP contribution is -1.97. The van der Waals surface area contributed by atoms with Gasteiger partial charge in [0.05, 0.1) is 0 Å². The van der Waals surface area contributed by atoms with Gasteiger partial charge in [0.1, 0.15) is 5.82 Å². The first-order chi connectivity index (χ1) is 10.4. The van der Waals surface area contributed by atoms with Gasteiger partial charge in [-0.05, 0) is 6.42 Å². The van der Waals surface area contributed by atoms with Crippen molar-refractivity contribution in [2.24, 2.45) is 0 Å². The highest BCUT2D eigenvalue weighted by molar-refractivity contribution is 5.00. The summed E-state index contributed by atoms with van der Waals surface area (Å²) in [5.74, 6) is 0.905. The van der Waals surface area contributed by atoms with Gasteiger partial charge in [0, 0.05) is 18.8 Å². The second-order valence-electron chi connectivity index (χ2n) is 5.25. The van der Waals surface area contributed by atoms with Crippen LogP contribution in [0.5, 0.6) is 0 Å². The highest BCUT2D eigenvalue weighted by atomic mass is 15.0. The molecule has 0 unspecified atom stereocenters. The summed E-state index contributed by atoms with van der Waals surface area (Å²) in [6.07, 6.45) is 19.9. The molecule has 1 rings (SSSR count). The van der Waals surface area contributed by atoms with Gasteiger partial charge in [-0.2, -0.15) is 5.26 Å². The predicted molar refractivity (Wildman–Crippen MR) is 90.1 cm³/mol. The molecule has 0 aliphatic heterocycles. The van der Waals surface area contributed by atoms with E-state index in [1.807, 2.05) is 13.8 Å². The zero-order valence-corrected chi connectivity index (χ0v) is 14.3. The van der Waals surface area contributed by atoms with Crippen molar-refractivity contribution < 1.29 is 0 Å². The van der Waals surface area contributed by atoms with Gasteiger partial charge in [0.25, 0.3) is 0 Å². The fourth-order valence-electron chi connectivity index (χ4n) is 2.38. The normalized spacial score (nSPS) is 9.81. The van der Waals surface area contributed by atoms with Crippen molar-refractivity contribution in [1.82, 2.24) is 9.55 Å². The lowest BCUT2D eigenvalue weighted by Gasteiger charge is -2.02. The molecule has 21 heavy (non-hydrogen) atoms. The second-order valence-corrected chi connectivity index (χ2v) is 5.25. The van der Waals surface area contributed by atoms with Crippen LogP contribution < -0.4 is 0 Å². The first kappa shape index (κ1) is 19.7. The van der Waals surface area contributed by atoms with Crippen LogP contribution in [-0.2, 0) is 6.42 Å². The molecule has 0 aliphatic carbocycles. The van der Waals surface area contributed by atoms with Gasteiger partial charge in [0.2, 0.25) is 0 Å². The standard InChI is InChI=1S/C16H27N3.C2H6/c1-2-3-4-5-6-7-8-9-10-11-12-16-18-13-14-19(16)15-17;1-2/h13-14H,2-12H2,1H3;1-2H3. The molecule has 0 amide bonds. The zero-order chi connectivity index (χ0) is 15.8. The van der Waals surface area contributed by atoms with E-state index < -0.39 is 0 Å². The molecule has 0 saturated heterocycles. The smallest absolute Gasteiger partial charge is 0.189 e. The predicted octanol–water partition coefficient (Wildman–Crippen LogP) is 5.70. The SMILES string of the molecule is CC.CCCCCCCCCCCCc1nccn1C#N. The molecule has 0 fully saturated rings. The Morgan fingerprint density at radius 1 is 0.952 bits per heavy atom. The Morgan fingerprint density at radius 3 is 2.00 bits per heavy atom. The summed E-state index contributed by atoms with van der Waals surface area (Å²) in [7, 11) is 0. The Balaban J connectivity index is 0.00000191. The second kappa shape index (κ2) is 15.1. The summed E-state index contributed by atoms with van der Waals surface area (Å²) in [4.78, 5) is 4.20. The van der Waals surface area contributed by atoms with E-state index in [1.165, 1.54) is 57.8 Å². The van der Waals surface area contributed by atoms with Gasteiger partial charge in [0.15, 0.2) is 6.19 Å². The lowest BCUT2D eigenvalue weighted by atomic mass is 10.1. The molecular weight excluding hydrogens is 258 g/mol. The van der Waals surface area contributed by atoms with E-state index >= 15 is 0 Å². The molecule has 1 aromatic rings. The van der Waals surface area contributed by atoms with E-state index in [0.717, 1.165) is 18.7 Å². The maximum absolute atomic E-state index is 8.84. The van der Waals surface area contributed by atoms with Crippen LogP contribution in [0, 0.1) is 11.5 Å². The van der Waals surface area contributed by atoms with Gasteiger partial charge in [-0.1, -0.05) is 78.6 Å². The fraction of sp³-hybridized carbons (Fsp3) is 0.778. The maximum atomic E-state index is 8.84. The number of nitriles is 1. The van der Waals surface area contributed by atoms with Gasteiger partial charge >= 0.3 is 0 Å². The highest BCUT2D eigenvalue weighted by Crippen LogP contribution is 2.11. The zero-order valence-electron chi connectivity index (χ0n) is 14.3. The van der Waals surface area contributed by atoms with Crippen molar-refractivity contribution in [2.75, 3.05) is 0 Å². The quantitative estimate of drug-likeness (QED) is 0.490. The molecule has 3 heteroatoms. The summed E-state index contributed by atoms with van der Waals surface area (Å²) in [6, 6.07) is 0. The van der Waals surface area contributed by atoms with Crippen LogP contribution in [0.4, 0.5) is 0 Å². The van der Waals surface area contributed by atoms with E-state index in [9.17, 15) is 0 Å². The summed E-state index contributed by atoms with van der Waals surface area (Å²) < 4.78 is 1.56. The third-order valence-electron chi connectivity index (χ3n) is 3.58. The largest absolute Gasteiger partial charge is 0.241 e. The topological polar surface area (TPSA) is 41.6 Å². The van der Waals surface area contributed by atoms with Crippen LogP contribution in [0.3, 0.4) is 0 Å². The molecule has 0 aliphatic rings. The number of rotatable bonds is 11. The van der Waals surface area contributed by atoms with Crippen LogP contribution >= 0.6 is 0 Å². The first-order valence-electron chi connectivity index (χ1n) is 8.80. The van der Waals surface area contributed by atoms with Crippen molar-refractivity contribution in [3.8, 4) is 6.19 Å². The van der Waals surface area contributed by atoms with E-state index in [0.29, 0.717) is 0 Å². The minimum Gasteiger partial charge on any atom is -0.241 e. The van der Waals surface area contributed by atoms with E-state index in [-0.39, 0.29) is 0 Å². The van der Waals surface area contributed by atoms with Crippen LogP contribution in [0.15, 0.2) is 12.4 Å². The van der Waals surface area contributed by atoms with Gasteiger partial charge < -0.3 is 0 Å². The molecule has 1 heterocycles. The molecule has 0 aromatic carbocycles. The molecule has 120 valence electrons. The molecule has 0 N–H and O–H groups in total. The molecule has 1 aromatic heterocycles. The number of aryl methyl sites for hydroxylation is 1. The fourth-order valence-corrected chi connectivity index (χ4v) is 2.38. The summed E-state index contributed by atoms with van der Waals surface area (Å²) in [6.45, 7) is 6.26. The average Bonchev–Trinajstić information content (AvgIpc) is 2.98. The van der Waals surface area contributed by atoms with E-state index in [2.05, 4.69) is 18.1 Å². The Labute approximate surface area is 131 Å². The van der Waals surface area contributed by atoms with Crippen LogP contribution in [0.2, 0.25) is 0 Å². The Hall–Kier alpha value is -1.30. The number of hydrogen-bond acceptors (Lipinski definition) is 2. The third kappa shape index (κ3) is 10.1.